The third-order valence-corrected chi connectivity index (χ3v) is 3.79. The Balaban J connectivity index is 2.37. The van der Waals surface area contributed by atoms with Crippen LogP contribution in [0.15, 0.2) is 54.4 Å². The molecule has 0 aliphatic heterocycles. The molecule has 1 amide bonds. The third-order valence-electron chi connectivity index (χ3n) is 3.79. The maximum Gasteiger partial charge on any atom is 0.212 e. The lowest BCUT2D eigenvalue weighted by molar-refractivity contribution is -0.105. The second-order valence-electron chi connectivity index (χ2n) is 5.69. The van der Waals surface area contributed by atoms with Crippen LogP contribution in [0.2, 0.25) is 0 Å². The SMILES string of the molecule is C=C(/C=C(C)\C(=C/C)c1cc2cnc(NC=O)cc2cn1)CCC. The van der Waals surface area contributed by atoms with Crippen LogP contribution in [0.4, 0.5) is 5.82 Å². The van der Waals surface area contributed by atoms with Crippen LogP contribution >= 0.6 is 0 Å². The summed E-state index contributed by atoms with van der Waals surface area (Å²) in [6.45, 7) is 10.3. The number of allylic oxidation sites excluding steroid dienone is 5. The van der Waals surface area contributed by atoms with Crippen molar-refractivity contribution in [2.75, 3.05) is 5.32 Å². The van der Waals surface area contributed by atoms with Gasteiger partial charge in [0.05, 0.1) is 5.69 Å². The van der Waals surface area contributed by atoms with Crippen molar-refractivity contribution in [2.24, 2.45) is 0 Å². The molecule has 0 fully saturated rings. The Morgan fingerprint density at radius 1 is 1.25 bits per heavy atom. The van der Waals surface area contributed by atoms with Crippen molar-refractivity contribution in [1.82, 2.24) is 9.97 Å². The molecule has 2 rings (SSSR count). The summed E-state index contributed by atoms with van der Waals surface area (Å²) >= 11 is 0. The zero-order valence-electron chi connectivity index (χ0n) is 14.5. The minimum Gasteiger partial charge on any atom is -0.313 e. The number of hydrogen-bond donors (Lipinski definition) is 1. The fourth-order valence-electron chi connectivity index (χ4n) is 2.68. The summed E-state index contributed by atoms with van der Waals surface area (Å²) in [5.41, 5.74) is 4.27. The molecule has 4 nitrogen and oxygen atoms in total. The molecule has 0 atom stereocenters. The smallest absolute Gasteiger partial charge is 0.212 e. The molecule has 0 saturated heterocycles. The summed E-state index contributed by atoms with van der Waals surface area (Å²) < 4.78 is 0. The lowest BCUT2D eigenvalue weighted by atomic mass is 9.99. The van der Waals surface area contributed by atoms with Crippen LogP contribution in [0.3, 0.4) is 0 Å². The van der Waals surface area contributed by atoms with E-state index in [0.717, 1.165) is 46.0 Å². The Morgan fingerprint density at radius 3 is 2.62 bits per heavy atom. The molecule has 2 aromatic heterocycles. The summed E-state index contributed by atoms with van der Waals surface area (Å²) in [6.07, 6.45) is 10.4. The highest BCUT2D eigenvalue weighted by atomic mass is 16.1. The van der Waals surface area contributed by atoms with Crippen molar-refractivity contribution < 1.29 is 4.79 Å². The number of nitrogens with one attached hydrogen (secondary N) is 1. The minimum absolute atomic E-state index is 0.519. The van der Waals surface area contributed by atoms with Gasteiger partial charge in [0.2, 0.25) is 6.41 Å². The average Bonchev–Trinajstić information content (AvgIpc) is 2.56. The number of carbonyl (C=O) groups is 1. The summed E-state index contributed by atoms with van der Waals surface area (Å²) in [5.74, 6) is 0.519. The van der Waals surface area contributed by atoms with Gasteiger partial charge in [0.25, 0.3) is 0 Å². The van der Waals surface area contributed by atoms with E-state index in [0.29, 0.717) is 12.2 Å². The number of amides is 1. The molecule has 2 heterocycles. The van der Waals surface area contributed by atoms with Gasteiger partial charge in [-0.05, 0) is 43.5 Å². The van der Waals surface area contributed by atoms with Crippen LogP contribution in [0, 0.1) is 0 Å². The molecule has 1 N–H and O–H groups in total. The topological polar surface area (TPSA) is 54.9 Å². The fourth-order valence-corrected chi connectivity index (χ4v) is 2.68. The van der Waals surface area contributed by atoms with E-state index < -0.39 is 0 Å². The standard InChI is InChI=1S/C20H23N3O/c1-5-7-14(3)8-15(4)18(6-2)19-9-16-12-22-20(23-13-24)10-17(16)11-21-19/h6,8-13H,3,5,7H2,1-2,4H3,(H,22,23,24)/b15-8-,18-6+. The van der Waals surface area contributed by atoms with E-state index in [9.17, 15) is 4.79 Å². The fraction of sp³-hybridized carbons (Fsp3) is 0.250. The molecule has 0 aromatic carbocycles. The van der Waals surface area contributed by atoms with Crippen molar-refractivity contribution in [1.29, 1.82) is 0 Å². The van der Waals surface area contributed by atoms with E-state index in [2.05, 4.69) is 47.9 Å². The van der Waals surface area contributed by atoms with E-state index in [-0.39, 0.29) is 0 Å². The predicted octanol–water partition coefficient (Wildman–Crippen LogP) is 4.90. The van der Waals surface area contributed by atoms with Gasteiger partial charge in [0.15, 0.2) is 0 Å². The Kier molecular flexibility index (Phi) is 6.01. The number of hydrogen-bond acceptors (Lipinski definition) is 3. The number of pyridine rings is 2. The molecule has 24 heavy (non-hydrogen) atoms. The summed E-state index contributed by atoms with van der Waals surface area (Å²) in [6, 6.07) is 3.82. The normalized spacial score (nSPS) is 12.3. The highest BCUT2D eigenvalue weighted by Gasteiger charge is 2.07. The summed E-state index contributed by atoms with van der Waals surface area (Å²) in [5, 5.41) is 4.47. The van der Waals surface area contributed by atoms with Gasteiger partial charge in [0, 0.05) is 23.2 Å². The van der Waals surface area contributed by atoms with Gasteiger partial charge in [-0.3, -0.25) is 9.78 Å². The van der Waals surface area contributed by atoms with E-state index >= 15 is 0 Å². The lowest BCUT2D eigenvalue weighted by Gasteiger charge is -2.10. The number of carbonyl (C=O) groups excluding carboxylic acids is 1. The molecule has 0 bridgehead atoms. The molecule has 0 aliphatic carbocycles. The number of aromatic nitrogens is 2. The van der Waals surface area contributed by atoms with Crippen LogP contribution in [0.5, 0.6) is 0 Å². The van der Waals surface area contributed by atoms with Gasteiger partial charge >= 0.3 is 0 Å². The molecule has 0 unspecified atom stereocenters. The second kappa shape index (κ2) is 8.20. The summed E-state index contributed by atoms with van der Waals surface area (Å²) in [7, 11) is 0. The second-order valence-corrected chi connectivity index (χ2v) is 5.69. The largest absolute Gasteiger partial charge is 0.313 e. The van der Waals surface area contributed by atoms with E-state index in [1.165, 1.54) is 0 Å². The Bertz CT molecular complexity index is 819. The van der Waals surface area contributed by atoms with Gasteiger partial charge in [-0.1, -0.05) is 37.6 Å². The van der Waals surface area contributed by atoms with Crippen LogP contribution in [-0.2, 0) is 4.79 Å². The van der Waals surface area contributed by atoms with E-state index in [1.807, 2.05) is 19.1 Å². The van der Waals surface area contributed by atoms with Crippen molar-refractivity contribution in [2.45, 2.75) is 33.6 Å². The lowest BCUT2D eigenvalue weighted by Crippen LogP contribution is -1.97. The summed E-state index contributed by atoms with van der Waals surface area (Å²) in [4.78, 5) is 19.3. The Morgan fingerprint density at radius 2 is 1.96 bits per heavy atom. The van der Waals surface area contributed by atoms with Crippen molar-refractivity contribution >= 4 is 28.6 Å². The van der Waals surface area contributed by atoms with Gasteiger partial charge in [-0.15, -0.1) is 0 Å². The number of nitrogens with zero attached hydrogens (tertiary/aromatic N) is 2. The number of fused-ring (bicyclic) bond motifs is 1. The first kappa shape index (κ1) is 17.6. The molecular formula is C20H23N3O. The quantitative estimate of drug-likeness (QED) is 0.582. The number of anilines is 1. The van der Waals surface area contributed by atoms with Gasteiger partial charge in [0.1, 0.15) is 5.82 Å². The molecule has 0 radical (unpaired) electrons. The maximum absolute atomic E-state index is 10.5. The molecule has 0 saturated carbocycles. The maximum atomic E-state index is 10.5. The Hall–Kier alpha value is -2.75. The van der Waals surface area contributed by atoms with Crippen molar-refractivity contribution in [3.05, 3.63) is 60.1 Å². The minimum atomic E-state index is 0.519. The molecular weight excluding hydrogens is 298 g/mol. The highest BCUT2D eigenvalue weighted by Crippen LogP contribution is 2.26. The highest BCUT2D eigenvalue weighted by molar-refractivity contribution is 5.88. The van der Waals surface area contributed by atoms with Gasteiger partial charge in [-0.2, -0.15) is 0 Å². The van der Waals surface area contributed by atoms with Crippen LogP contribution in [0.1, 0.15) is 39.3 Å². The molecule has 2 aromatic rings. The molecule has 0 aliphatic rings. The monoisotopic (exact) mass is 321 g/mol. The first-order valence-corrected chi connectivity index (χ1v) is 8.08. The van der Waals surface area contributed by atoms with Crippen LogP contribution < -0.4 is 5.32 Å². The van der Waals surface area contributed by atoms with E-state index in [4.69, 9.17) is 0 Å². The Labute approximate surface area is 143 Å². The molecule has 0 spiro atoms. The average molecular weight is 321 g/mol. The third kappa shape index (κ3) is 4.16. The molecule has 124 valence electrons. The van der Waals surface area contributed by atoms with Crippen molar-refractivity contribution in [3.8, 4) is 0 Å². The van der Waals surface area contributed by atoms with E-state index in [1.54, 1.807) is 12.4 Å². The van der Waals surface area contributed by atoms with Crippen molar-refractivity contribution in [3.63, 3.8) is 0 Å². The molecule has 4 heteroatoms. The van der Waals surface area contributed by atoms with Gasteiger partial charge < -0.3 is 5.32 Å². The van der Waals surface area contributed by atoms with Crippen LogP contribution in [0.25, 0.3) is 16.3 Å². The van der Waals surface area contributed by atoms with Gasteiger partial charge in [-0.25, -0.2) is 4.98 Å². The van der Waals surface area contributed by atoms with Crippen LogP contribution in [-0.4, -0.2) is 16.4 Å². The first-order chi connectivity index (χ1) is 11.6. The first-order valence-electron chi connectivity index (χ1n) is 8.08. The zero-order chi connectivity index (χ0) is 17.5. The predicted molar refractivity (Wildman–Crippen MR) is 101 cm³/mol. The zero-order valence-corrected chi connectivity index (χ0v) is 14.5. The number of rotatable bonds is 7.